The van der Waals surface area contributed by atoms with E-state index in [1.807, 2.05) is 6.07 Å². The van der Waals surface area contributed by atoms with E-state index in [4.69, 9.17) is 5.11 Å². The molecule has 0 bridgehead atoms. The fourth-order valence-electron chi connectivity index (χ4n) is 2.51. The maximum atomic E-state index is 12.4. The second-order valence-electron chi connectivity index (χ2n) is 5.37. The highest BCUT2D eigenvalue weighted by atomic mass is 16.4. The van der Waals surface area contributed by atoms with E-state index in [-0.39, 0.29) is 23.6 Å². The van der Waals surface area contributed by atoms with Gasteiger partial charge in [-0.05, 0) is 30.2 Å². The molecule has 0 radical (unpaired) electrons. The van der Waals surface area contributed by atoms with Gasteiger partial charge in [0, 0.05) is 18.9 Å². The molecular weight excluding hydrogens is 322 g/mol. The Morgan fingerprint density at radius 2 is 2.16 bits per heavy atom. The molecule has 1 aromatic carbocycles. The van der Waals surface area contributed by atoms with E-state index in [9.17, 15) is 14.9 Å². The van der Waals surface area contributed by atoms with Crippen LogP contribution < -0.4 is 5.32 Å². The summed E-state index contributed by atoms with van der Waals surface area (Å²) in [5.74, 6) is -1.47. The number of carbonyl (C=O) groups is 2. The second kappa shape index (κ2) is 6.41. The van der Waals surface area contributed by atoms with E-state index >= 15 is 0 Å². The van der Waals surface area contributed by atoms with Crippen LogP contribution in [-0.2, 0) is 6.54 Å². The van der Waals surface area contributed by atoms with Gasteiger partial charge in [-0.2, -0.15) is 10.4 Å². The number of aromatic nitrogens is 3. The van der Waals surface area contributed by atoms with Crippen molar-refractivity contribution < 1.29 is 14.7 Å². The number of nitrogens with zero attached hydrogens (tertiary/aromatic N) is 4. The standard InChI is InChI=1S/C17H13N5O3/c1-10-5-12(11(7-18)6-13(10)17(24)25)8-20-16(23)14-9-21-22-4-2-3-19-15(14)22/h2-6,9H,8H2,1H3,(H,20,23)(H,24,25). The number of carboxylic acids is 1. The van der Waals surface area contributed by atoms with E-state index in [1.54, 1.807) is 31.5 Å². The van der Waals surface area contributed by atoms with Crippen LogP contribution >= 0.6 is 0 Å². The average Bonchev–Trinajstić information content (AvgIpc) is 3.03. The lowest BCUT2D eigenvalue weighted by Gasteiger charge is -2.09. The van der Waals surface area contributed by atoms with E-state index in [1.165, 1.54) is 16.8 Å². The monoisotopic (exact) mass is 335 g/mol. The second-order valence-corrected chi connectivity index (χ2v) is 5.37. The van der Waals surface area contributed by atoms with E-state index in [0.29, 0.717) is 22.3 Å². The lowest BCUT2D eigenvalue weighted by molar-refractivity contribution is 0.0695. The number of aromatic carboxylic acids is 1. The zero-order chi connectivity index (χ0) is 18.0. The number of nitriles is 1. The van der Waals surface area contributed by atoms with Crippen molar-refractivity contribution in [1.29, 1.82) is 5.26 Å². The summed E-state index contributed by atoms with van der Waals surface area (Å²) in [5, 5.41) is 25.1. The molecule has 0 unspecified atom stereocenters. The topological polar surface area (TPSA) is 120 Å². The number of hydrogen-bond acceptors (Lipinski definition) is 5. The average molecular weight is 335 g/mol. The van der Waals surface area contributed by atoms with Crippen LogP contribution in [0.4, 0.5) is 0 Å². The quantitative estimate of drug-likeness (QED) is 0.746. The summed E-state index contributed by atoms with van der Waals surface area (Å²) in [6.07, 6.45) is 4.66. The molecule has 0 aliphatic carbocycles. The van der Waals surface area contributed by atoms with Gasteiger partial charge in [0.15, 0.2) is 5.65 Å². The highest BCUT2D eigenvalue weighted by Crippen LogP contribution is 2.17. The Balaban J connectivity index is 1.84. The number of aryl methyl sites for hydroxylation is 1. The summed E-state index contributed by atoms with van der Waals surface area (Å²) in [7, 11) is 0. The van der Waals surface area contributed by atoms with Gasteiger partial charge in [-0.1, -0.05) is 6.07 Å². The highest BCUT2D eigenvalue weighted by Gasteiger charge is 2.16. The van der Waals surface area contributed by atoms with Gasteiger partial charge in [-0.3, -0.25) is 4.79 Å². The van der Waals surface area contributed by atoms with Crippen molar-refractivity contribution in [3.8, 4) is 6.07 Å². The number of hydrogen-bond donors (Lipinski definition) is 2. The molecule has 2 aromatic heterocycles. The SMILES string of the molecule is Cc1cc(CNC(=O)c2cnn3cccnc23)c(C#N)cc1C(=O)O. The summed E-state index contributed by atoms with van der Waals surface area (Å²) >= 11 is 0. The number of carbonyl (C=O) groups excluding carboxylic acids is 1. The van der Waals surface area contributed by atoms with Crippen LogP contribution in [0.3, 0.4) is 0 Å². The number of benzene rings is 1. The summed E-state index contributed by atoms with van der Waals surface area (Å²) in [4.78, 5) is 27.6. The van der Waals surface area contributed by atoms with Crippen molar-refractivity contribution in [2.75, 3.05) is 0 Å². The van der Waals surface area contributed by atoms with Crippen LogP contribution in [0, 0.1) is 18.3 Å². The van der Waals surface area contributed by atoms with Crippen molar-refractivity contribution in [3.05, 3.63) is 64.6 Å². The van der Waals surface area contributed by atoms with Gasteiger partial charge in [-0.15, -0.1) is 0 Å². The smallest absolute Gasteiger partial charge is 0.335 e. The van der Waals surface area contributed by atoms with Gasteiger partial charge < -0.3 is 10.4 Å². The molecule has 0 aliphatic rings. The van der Waals surface area contributed by atoms with Gasteiger partial charge in [-0.25, -0.2) is 14.3 Å². The third kappa shape index (κ3) is 3.03. The van der Waals surface area contributed by atoms with Gasteiger partial charge in [0.1, 0.15) is 5.56 Å². The molecule has 0 spiro atoms. The zero-order valence-corrected chi connectivity index (χ0v) is 13.2. The third-order valence-electron chi connectivity index (χ3n) is 3.76. The Bertz CT molecular complexity index is 1030. The van der Waals surface area contributed by atoms with E-state index < -0.39 is 5.97 Å². The minimum Gasteiger partial charge on any atom is -0.478 e. The van der Waals surface area contributed by atoms with Crippen LogP contribution in [0.1, 0.15) is 37.4 Å². The predicted molar refractivity (Wildman–Crippen MR) is 87.0 cm³/mol. The molecular formula is C17H13N5O3. The Morgan fingerprint density at radius 3 is 2.88 bits per heavy atom. The van der Waals surface area contributed by atoms with E-state index in [0.717, 1.165) is 0 Å². The van der Waals surface area contributed by atoms with Gasteiger partial charge in [0.05, 0.1) is 23.4 Å². The lowest BCUT2D eigenvalue weighted by Crippen LogP contribution is -2.23. The van der Waals surface area contributed by atoms with Gasteiger partial charge in [0.25, 0.3) is 5.91 Å². The van der Waals surface area contributed by atoms with Crippen LogP contribution in [0.2, 0.25) is 0 Å². The molecule has 0 aliphatic heterocycles. The number of amides is 1. The molecule has 0 fully saturated rings. The molecule has 8 nitrogen and oxygen atoms in total. The molecule has 2 N–H and O–H groups in total. The number of carboxylic acid groups (broad SMARTS) is 1. The summed E-state index contributed by atoms with van der Waals surface area (Å²) in [6.45, 7) is 1.73. The maximum absolute atomic E-state index is 12.4. The fraction of sp³-hybridized carbons (Fsp3) is 0.118. The number of rotatable bonds is 4. The Labute approximate surface area is 142 Å². The molecule has 3 rings (SSSR count). The van der Waals surface area contributed by atoms with Crippen molar-refractivity contribution in [2.45, 2.75) is 13.5 Å². The number of fused-ring (bicyclic) bond motifs is 1. The first kappa shape index (κ1) is 16.1. The van der Waals surface area contributed by atoms with Crippen LogP contribution in [-0.4, -0.2) is 31.6 Å². The molecule has 0 saturated heterocycles. The molecule has 1 amide bonds. The van der Waals surface area contributed by atoms with E-state index in [2.05, 4.69) is 15.4 Å². The van der Waals surface area contributed by atoms with Gasteiger partial charge in [0.2, 0.25) is 0 Å². The molecule has 3 aromatic rings. The molecule has 8 heteroatoms. The maximum Gasteiger partial charge on any atom is 0.335 e. The Kier molecular flexibility index (Phi) is 4.14. The summed E-state index contributed by atoms with van der Waals surface area (Å²) in [6, 6.07) is 6.57. The van der Waals surface area contributed by atoms with Crippen molar-refractivity contribution in [1.82, 2.24) is 19.9 Å². The fourth-order valence-corrected chi connectivity index (χ4v) is 2.51. The minimum atomic E-state index is -1.10. The summed E-state index contributed by atoms with van der Waals surface area (Å²) < 4.78 is 1.49. The first-order chi connectivity index (χ1) is 12.0. The molecule has 0 atom stereocenters. The molecule has 25 heavy (non-hydrogen) atoms. The Morgan fingerprint density at radius 1 is 1.36 bits per heavy atom. The number of nitrogens with one attached hydrogen (secondary N) is 1. The third-order valence-corrected chi connectivity index (χ3v) is 3.76. The van der Waals surface area contributed by atoms with Crippen LogP contribution in [0.15, 0.2) is 36.8 Å². The molecule has 124 valence electrons. The van der Waals surface area contributed by atoms with Crippen molar-refractivity contribution in [3.63, 3.8) is 0 Å². The first-order valence-corrected chi connectivity index (χ1v) is 7.34. The summed E-state index contributed by atoms with van der Waals surface area (Å²) in [5.41, 5.74) is 2.09. The van der Waals surface area contributed by atoms with Crippen LogP contribution in [0.5, 0.6) is 0 Å². The first-order valence-electron chi connectivity index (χ1n) is 7.34. The molecule has 2 heterocycles. The highest BCUT2D eigenvalue weighted by molar-refractivity contribution is 5.99. The van der Waals surface area contributed by atoms with Crippen molar-refractivity contribution in [2.24, 2.45) is 0 Å². The Hall–Kier alpha value is -3.73. The van der Waals surface area contributed by atoms with Crippen LogP contribution in [0.25, 0.3) is 5.65 Å². The van der Waals surface area contributed by atoms with Gasteiger partial charge >= 0.3 is 5.97 Å². The predicted octanol–water partition coefficient (Wildman–Crippen LogP) is 1.54. The molecule has 0 saturated carbocycles. The van der Waals surface area contributed by atoms with Crippen molar-refractivity contribution >= 4 is 17.5 Å². The normalized spacial score (nSPS) is 10.4. The zero-order valence-electron chi connectivity index (χ0n) is 13.2. The minimum absolute atomic E-state index is 0.0680. The largest absolute Gasteiger partial charge is 0.478 e. The lowest BCUT2D eigenvalue weighted by atomic mass is 9.99.